The van der Waals surface area contributed by atoms with E-state index in [2.05, 4.69) is 9.72 Å². The number of ether oxygens (including phenoxy) is 2. The predicted octanol–water partition coefficient (Wildman–Crippen LogP) is 3.22. The molecule has 23 heavy (non-hydrogen) atoms. The number of aromatic nitrogens is 1. The Morgan fingerprint density at radius 2 is 2.17 bits per heavy atom. The summed E-state index contributed by atoms with van der Waals surface area (Å²) in [5.41, 5.74) is 5.66. The second-order valence-electron chi connectivity index (χ2n) is 4.45. The summed E-state index contributed by atoms with van der Waals surface area (Å²) >= 11 is 5.67. The second kappa shape index (κ2) is 6.50. The third kappa shape index (κ3) is 3.17. The van der Waals surface area contributed by atoms with Gasteiger partial charge in [-0.3, -0.25) is 0 Å². The van der Waals surface area contributed by atoms with Crippen molar-refractivity contribution in [1.29, 1.82) is 5.26 Å². The van der Waals surface area contributed by atoms with Crippen LogP contribution in [0.3, 0.4) is 0 Å². The van der Waals surface area contributed by atoms with Gasteiger partial charge in [-0.25, -0.2) is 14.2 Å². The number of carbonyl (C=O) groups is 1. The van der Waals surface area contributed by atoms with Crippen molar-refractivity contribution in [2.45, 2.75) is 6.92 Å². The highest BCUT2D eigenvalue weighted by molar-refractivity contribution is 6.30. The molecule has 2 aromatic rings. The molecule has 118 valence electrons. The number of anilines is 1. The fourth-order valence-corrected chi connectivity index (χ4v) is 2.06. The minimum absolute atomic E-state index is 0.0343. The molecule has 0 saturated heterocycles. The number of methoxy groups -OCH3 is 1. The highest BCUT2D eigenvalue weighted by atomic mass is 35.5. The first kappa shape index (κ1) is 16.5. The molecule has 0 saturated carbocycles. The van der Waals surface area contributed by atoms with Crippen LogP contribution < -0.4 is 10.5 Å². The molecule has 0 amide bonds. The molecule has 0 aliphatic rings. The van der Waals surface area contributed by atoms with Gasteiger partial charge in [0, 0.05) is 5.02 Å². The first-order valence-corrected chi connectivity index (χ1v) is 6.68. The van der Waals surface area contributed by atoms with Crippen LogP contribution in [0, 0.1) is 24.1 Å². The molecule has 0 atom stereocenters. The number of esters is 1. The van der Waals surface area contributed by atoms with Crippen LogP contribution >= 0.6 is 11.6 Å². The Bertz CT molecular complexity index is 834. The van der Waals surface area contributed by atoms with Crippen LogP contribution in [0.2, 0.25) is 5.02 Å². The number of halogens is 2. The number of aryl methyl sites for hydroxylation is 1. The number of nitrogens with two attached hydrogens (primary N) is 1. The smallest absolute Gasteiger partial charge is 0.341 e. The third-order valence-corrected chi connectivity index (χ3v) is 3.22. The molecule has 0 spiro atoms. The van der Waals surface area contributed by atoms with Crippen LogP contribution in [-0.4, -0.2) is 18.1 Å². The average molecular weight is 336 g/mol. The first-order valence-electron chi connectivity index (χ1n) is 6.30. The molecular formula is C15H11ClFN3O3. The molecular weight excluding hydrogens is 325 g/mol. The van der Waals surface area contributed by atoms with E-state index >= 15 is 0 Å². The molecule has 1 heterocycles. The fraction of sp³-hybridized carbons (Fsp3) is 0.133. The highest BCUT2D eigenvalue weighted by Crippen LogP contribution is 2.32. The molecule has 1 aromatic carbocycles. The Hall–Kier alpha value is -2.85. The molecule has 0 fully saturated rings. The Balaban J connectivity index is 2.56. The minimum atomic E-state index is -0.728. The number of carbonyl (C=O) groups excluding carboxylic acids is 1. The number of rotatable bonds is 3. The topological polar surface area (TPSA) is 98.2 Å². The van der Waals surface area contributed by atoms with Crippen LogP contribution in [0.1, 0.15) is 21.6 Å². The zero-order valence-electron chi connectivity index (χ0n) is 12.2. The molecule has 2 rings (SSSR count). The van der Waals surface area contributed by atoms with Crippen molar-refractivity contribution >= 4 is 23.3 Å². The number of nitrogen functional groups attached to an aromatic ring is 1. The Morgan fingerprint density at radius 3 is 2.74 bits per heavy atom. The predicted molar refractivity (Wildman–Crippen MR) is 80.9 cm³/mol. The van der Waals surface area contributed by atoms with E-state index in [-0.39, 0.29) is 39.2 Å². The lowest BCUT2D eigenvalue weighted by molar-refractivity contribution is 0.0600. The third-order valence-electron chi connectivity index (χ3n) is 2.99. The van der Waals surface area contributed by atoms with Crippen LogP contribution in [0.15, 0.2) is 18.2 Å². The summed E-state index contributed by atoms with van der Waals surface area (Å²) in [5, 5.41) is 9.44. The summed E-state index contributed by atoms with van der Waals surface area (Å²) in [7, 11) is 1.18. The molecule has 0 aliphatic carbocycles. The van der Waals surface area contributed by atoms with Crippen molar-refractivity contribution in [3.8, 4) is 17.7 Å². The van der Waals surface area contributed by atoms with Gasteiger partial charge in [0.05, 0.1) is 18.5 Å². The van der Waals surface area contributed by atoms with Crippen LogP contribution in [0.25, 0.3) is 0 Å². The van der Waals surface area contributed by atoms with Gasteiger partial charge in [0.2, 0.25) is 5.88 Å². The van der Waals surface area contributed by atoms with Crippen LogP contribution in [0.5, 0.6) is 11.6 Å². The van der Waals surface area contributed by atoms with E-state index in [9.17, 15) is 14.4 Å². The van der Waals surface area contributed by atoms with E-state index < -0.39 is 11.8 Å². The summed E-state index contributed by atoms with van der Waals surface area (Å²) < 4.78 is 23.7. The van der Waals surface area contributed by atoms with Crippen molar-refractivity contribution in [2.24, 2.45) is 0 Å². The lowest BCUT2D eigenvalue weighted by Crippen LogP contribution is -2.12. The maximum atomic E-state index is 13.8. The van der Waals surface area contributed by atoms with Gasteiger partial charge in [-0.05, 0) is 25.1 Å². The van der Waals surface area contributed by atoms with Gasteiger partial charge in [-0.2, -0.15) is 5.26 Å². The maximum absolute atomic E-state index is 13.8. The lowest BCUT2D eigenvalue weighted by Gasteiger charge is -2.13. The molecule has 2 N–H and O–H groups in total. The Labute approximate surface area is 136 Å². The quantitative estimate of drug-likeness (QED) is 0.865. The monoisotopic (exact) mass is 335 g/mol. The van der Waals surface area contributed by atoms with Gasteiger partial charge in [0.15, 0.2) is 11.6 Å². The highest BCUT2D eigenvalue weighted by Gasteiger charge is 2.23. The van der Waals surface area contributed by atoms with E-state index in [0.29, 0.717) is 0 Å². The summed E-state index contributed by atoms with van der Waals surface area (Å²) in [4.78, 5) is 15.7. The fourth-order valence-electron chi connectivity index (χ4n) is 1.90. The van der Waals surface area contributed by atoms with Crippen LogP contribution in [-0.2, 0) is 4.74 Å². The number of hydrogen-bond acceptors (Lipinski definition) is 6. The van der Waals surface area contributed by atoms with Gasteiger partial charge in [-0.15, -0.1) is 0 Å². The van der Waals surface area contributed by atoms with Crippen molar-refractivity contribution in [2.75, 3.05) is 12.8 Å². The molecule has 0 bridgehead atoms. The summed E-state index contributed by atoms with van der Waals surface area (Å²) in [6.07, 6.45) is 0. The molecule has 1 aromatic heterocycles. The molecule has 8 heteroatoms. The number of nitrogens with zero attached hydrogens (tertiary/aromatic N) is 2. The largest absolute Gasteiger partial charge is 0.465 e. The molecule has 6 nitrogen and oxygen atoms in total. The normalized spacial score (nSPS) is 10.0. The molecule has 0 aliphatic heterocycles. The zero-order chi connectivity index (χ0) is 17.1. The van der Waals surface area contributed by atoms with E-state index in [4.69, 9.17) is 22.1 Å². The van der Waals surface area contributed by atoms with Gasteiger partial charge in [0.1, 0.15) is 17.2 Å². The van der Waals surface area contributed by atoms with E-state index in [1.165, 1.54) is 26.2 Å². The summed E-state index contributed by atoms with van der Waals surface area (Å²) in [5.74, 6) is -1.84. The number of pyridine rings is 1. The van der Waals surface area contributed by atoms with Crippen molar-refractivity contribution in [3.63, 3.8) is 0 Å². The number of nitriles is 1. The van der Waals surface area contributed by atoms with E-state index in [1.54, 1.807) is 6.07 Å². The average Bonchev–Trinajstić information content (AvgIpc) is 2.49. The number of benzene rings is 1. The SMILES string of the molecule is COC(=O)c1c(C)nc(Oc2ccc(Cl)cc2F)c(C#N)c1N. The second-order valence-corrected chi connectivity index (χ2v) is 4.88. The summed E-state index contributed by atoms with van der Waals surface area (Å²) in [6, 6.07) is 5.56. The minimum Gasteiger partial charge on any atom is -0.465 e. The first-order chi connectivity index (χ1) is 10.9. The van der Waals surface area contributed by atoms with Gasteiger partial charge in [0.25, 0.3) is 0 Å². The van der Waals surface area contributed by atoms with E-state index in [1.807, 2.05) is 0 Å². The van der Waals surface area contributed by atoms with Crippen molar-refractivity contribution in [3.05, 3.63) is 45.9 Å². The zero-order valence-corrected chi connectivity index (χ0v) is 12.9. The molecule has 0 unspecified atom stereocenters. The standard InChI is InChI=1S/C15H11ClFN3O3/c1-7-12(15(21)22-2)13(19)9(6-18)14(20-7)23-11-4-3-8(16)5-10(11)17/h3-5H,1-2H3,(H2,19,20). The van der Waals surface area contributed by atoms with Crippen LogP contribution in [0.4, 0.5) is 10.1 Å². The Kier molecular flexibility index (Phi) is 4.67. The van der Waals surface area contributed by atoms with Gasteiger partial charge in [-0.1, -0.05) is 11.6 Å². The number of hydrogen-bond donors (Lipinski definition) is 1. The Morgan fingerprint density at radius 1 is 1.48 bits per heavy atom. The van der Waals surface area contributed by atoms with Gasteiger partial charge >= 0.3 is 5.97 Å². The van der Waals surface area contributed by atoms with Crippen molar-refractivity contribution in [1.82, 2.24) is 4.98 Å². The maximum Gasteiger partial charge on any atom is 0.341 e. The van der Waals surface area contributed by atoms with Crippen molar-refractivity contribution < 1.29 is 18.7 Å². The lowest BCUT2D eigenvalue weighted by atomic mass is 10.1. The summed E-state index contributed by atoms with van der Waals surface area (Å²) in [6.45, 7) is 1.49. The van der Waals surface area contributed by atoms with Gasteiger partial charge < -0.3 is 15.2 Å². The van der Waals surface area contributed by atoms with E-state index in [0.717, 1.165) is 6.07 Å². The molecule has 0 radical (unpaired) electrons.